The van der Waals surface area contributed by atoms with Crippen molar-refractivity contribution in [2.75, 3.05) is 26.7 Å². The molecule has 3 aliphatic rings. The summed E-state index contributed by atoms with van der Waals surface area (Å²) in [5.41, 5.74) is 3.45. The summed E-state index contributed by atoms with van der Waals surface area (Å²) < 4.78 is 31.1. The van der Waals surface area contributed by atoms with Gasteiger partial charge >= 0.3 is 0 Å². The quantitative estimate of drug-likeness (QED) is 0.196. The highest BCUT2D eigenvalue weighted by Gasteiger charge is 2.39. The van der Waals surface area contributed by atoms with E-state index in [0.717, 1.165) is 80.7 Å². The molecule has 2 aromatic heterocycles. The number of rotatable bonds is 11. The number of hydrogen-bond donors (Lipinski definition) is 3. The van der Waals surface area contributed by atoms with Crippen LogP contribution >= 0.6 is 0 Å². The Morgan fingerprint density at radius 2 is 1.73 bits per heavy atom. The predicted octanol–water partition coefficient (Wildman–Crippen LogP) is 4.90. The number of carbonyl (C=O) groups excluding carboxylic acids is 3. The van der Waals surface area contributed by atoms with Gasteiger partial charge in [0.25, 0.3) is 0 Å². The summed E-state index contributed by atoms with van der Waals surface area (Å²) in [6.45, 7) is 1.90. The van der Waals surface area contributed by atoms with Gasteiger partial charge in [0, 0.05) is 48.7 Å². The topological polar surface area (TPSA) is 115 Å². The fraction of sp³-hybridized carbons (Fsp3) is 0.514. The van der Waals surface area contributed by atoms with Crippen molar-refractivity contribution in [3.8, 4) is 11.5 Å². The van der Waals surface area contributed by atoms with E-state index < -0.39 is 11.9 Å². The van der Waals surface area contributed by atoms with Crippen LogP contribution in [0.4, 0.5) is 8.78 Å². The molecule has 0 spiro atoms. The summed E-state index contributed by atoms with van der Waals surface area (Å²) >= 11 is 0. The molecule has 1 aliphatic carbocycles. The Bertz CT molecular complexity index is 1850. The summed E-state index contributed by atoms with van der Waals surface area (Å²) in [5, 5.41) is 6.80. The Hall–Kier alpha value is -4.32. The van der Waals surface area contributed by atoms with E-state index in [1.54, 1.807) is 24.1 Å². The molecular weight excluding hydrogens is 628 g/mol. The van der Waals surface area contributed by atoms with Gasteiger partial charge in [-0.15, -0.1) is 0 Å². The number of hydrogen-bond acceptors (Lipinski definition) is 5. The van der Waals surface area contributed by atoms with Crippen LogP contribution in [-0.2, 0) is 27.3 Å². The standard InChI is InChI=1S/C37H45F2N7O3/c1-40-20-33(48)43-34(23-7-3-2-4-8-23)37(49)45-16-6-9-26(45)19-29-28-13-11-24(38)17-30(28)41-35(29)36-42-31-18-25(39)12-14-32(31)46(36)21-27-10-5-15-44(27)22-47/h11-14,17-18,22-23,26-27,34,40-41H,2-10,15-16,19-21H2,1H3,(H,43,48). The van der Waals surface area contributed by atoms with Crippen LogP contribution < -0.4 is 10.6 Å². The zero-order valence-corrected chi connectivity index (χ0v) is 28.0. The predicted molar refractivity (Wildman–Crippen MR) is 184 cm³/mol. The molecule has 260 valence electrons. The first kappa shape index (κ1) is 33.2. The van der Waals surface area contributed by atoms with E-state index in [0.29, 0.717) is 48.6 Å². The Balaban J connectivity index is 1.27. The number of H-pyrrole nitrogens is 1. The molecular formula is C37H45F2N7O3. The largest absolute Gasteiger partial charge is 0.352 e. The van der Waals surface area contributed by atoms with Gasteiger partial charge in [-0.1, -0.05) is 19.3 Å². The van der Waals surface area contributed by atoms with Crippen molar-refractivity contribution >= 4 is 40.2 Å². The van der Waals surface area contributed by atoms with Crippen molar-refractivity contribution in [2.24, 2.45) is 5.92 Å². The second kappa shape index (κ2) is 14.3. The lowest BCUT2D eigenvalue weighted by molar-refractivity contribution is -0.139. The Morgan fingerprint density at radius 3 is 2.53 bits per heavy atom. The maximum atomic E-state index is 14.6. The molecule has 7 rings (SSSR count). The molecule has 3 unspecified atom stereocenters. The second-order valence-corrected chi connectivity index (χ2v) is 14.0. The lowest BCUT2D eigenvalue weighted by Gasteiger charge is -2.35. The van der Waals surface area contributed by atoms with E-state index in [1.165, 1.54) is 24.3 Å². The average molecular weight is 674 g/mol. The van der Waals surface area contributed by atoms with Gasteiger partial charge in [-0.05, 0) is 93.8 Å². The first-order valence-electron chi connectivity index (χ1n) is 17.8. The third-order valence-corrected chi connectivity index (χ3v) is 10.9. The van der Waals surface area contributed by atoms with Gasteiger partial charge in [0.15, 0.2) is 5.82 Å². The molecule has 10 nitrogen and oxygen atoms in total. The minimum Gasteiger partial charge on any atom is -0.352 e. The maximum Gasteiger partial charge on any atom is 0.245 e. The van der Waals surface area contributed by atoms with E-state index in [1.807, 2.05) is 9.47 Å². The second-order valence-electron chi connectivity index (χ2n) is 14.0. The average Bonchev–Trinajstić information content (AvgIpc) is 3.90. The number of amides is 3. The molecule has 2 aliphatic heterocycles. The molecule has 3 N–H and O–H groups in total. The van der Waals surface area contributed by atoms with Crippen molar-refractivity contribution in [3.05, 3.63) is 53.6 Å². The molecule has 2 aromatic carbocycles. The van der Waals surface area contributed by atoms with Crippen LogP contribution in [0.3, 0.4) is 0 Å². The van der Waals surface area contributed by atoms with Gasteiger partial charge in [0.1, 0.15) is 17.7 Å². The third kappa shape index (κ3) is 6.67. The summed E-state index contributed by atoms with van der Waals surface area (Å²) in [5.74, 6) is -0.317. The summed E-state index contributed by atoms with van der Waals surface area (Å²) in [6, 6.07) is 8.46. The van der Waals surface area contributed by atoms with E-state index >= 15 is 0 Å². The highest BCUT2D eigenvalue weighted by molar-refractivity contribution is 5.92. The zero-order chi connectivity index (χ0) is 34.1. The fourth-order valence-corrected chi connectivity index (χ4v) is 8.50. The highest BCUT2D eigenvalue weighted by atomic mass is 19.1. The number of nitrogens with zero attached hydrogens (tertiary/aromatic N) is 4. The van der Waals surface area contributed by atoms with Crippen LogP contribution in [-0.4, -0.2) is 87.4 Å². The molecule has 3 amide bonds. The van der Waals surface area contributed by atoms with Crippen LogP contribution in [0, 0.1) is 17.6 Å². The Kier molecular flexibility index (Phi) is 9.66. The molecule has 2 saturated heterocycles. The van der Waals surface area contributed by atoms with Crippen molar-refractivity contribution < 1.29 is 23.2 Å². The molecule has 1 saturated carbocycles. The highest BCUT2D eigenvalue weighted by Crippen LogP contribution is 2.37. The van der Waals surface area contributed by atoms with Crippen molar-refractivity contribution in [2.45, 2.75) is 88.9 Å². The van der Waals surface area contributed by atoms with Gasteiger partial charge in [0.2, 0.25) is 18.2 Å². The minimum absolute atomic E-state index is 0.0378. The van der Waals surface area contributed by atoms with Crippen molar-refractivity contribution in [3.63, 3.8) is 0 Å². The molecule has 4 aromatic rings. The smallest absolute Gasteiger partial charge is 0.245 e. The number of halogens is 2. The monoisotopic (exact) mass is 673 g/mol. The van der Waals surface area contributed by atoms with Gasteiger partial charge < -0.3 is 30.0 Å². The van der Waals surface area contributed by atoms with E-state index in [2.05, 4.69) is 15.6 Å². The van der Waals surface area contributed by atoms with Gasteiger partial charge in [-0.25, -0.2) is 13.8 Å². The minimum atomic E-state index is -0.579. The molecule has 3 fully saturated rings. The van der Waals surface area contributed by atoms with Crippen molar-refractivity contribution in [1.29, 1.82) is 0 Å². The number of aromatic amines is 1. The van der Waals surface area contributed by atoms with Crippen molar-refractivity contribution in [1.82, 2.24) is 35.0 Å². The Labute approximate surface area is 284 Å². The third-order valence-electron chi connectivity index (χ3n) is 10.9. The zero-order valence-electron chi connectivity index (χ0n) is 28.0. The summed E-state index contributed by atoms with van der Waals surface area (Å²) in [7, 11) is 1.72. The maximum absolute atomic E-state index is 14.6. The van der Waals surface area contributed by atoms with Crippen LogP contribution in [0.15, 0.2) is 36.4 Å². The molecule has 49 heavy (non-hydrogen) atoms. The lowest BCUT2D eigenvalue weighted by Crippen LogP contribution is -2.55. The Morgan fingerprint density at radius 1 is 0.980 bits per heavy atom. The van der Waals surface area contributed by atoms with Gasteiger partial charge in [0.05, 0.1) is 23.3 Å². The lowest BCUT2D eigenvalue weighted by atomic mass is 9.83. The first-order valence-corrected chi connectivity index (χ1v) is 17.8. The molecule has 4 heterocycles. The summed E-state index contributed by atoms with van der Waals surface area (Å²) in [6.07, 6.45) is 9.82. The van der Waals surface area contributed by atoms with Crippen LogP contribution in [0.25, 0.3) is 33.5 Å². The van der Waals surface area contributed by atoms with Crippen LogP contribution in [0.1, 0.15) is 63.4 Å². The van der Waals surface area contributed by atoms with Gasteiger partial charge in [-0.2, -0.15) is 0 Å². The fourth-order valence-electron chi connectivity index (χ4n) is 8.50. The van der Waals surface area contributed by atoms with Crippen LogP contribution in [0.2, 0.25) is 0 Å². The van der Waals surface area contributed by atoms with Gasteiger partial charge in [-0.3, -0.25) is 14.4 Å². The number of benzene rings is 2. The SMILES string of the molecule is CNCC(=O)NC(C(=O)N1CCCC1Cc1c(-c2nc3cc(F)ccc3n2CC2CCCN2C=O)[nH]c2cc(F)ccc12)C1CCCCC1. The van der Waals surface area contributed by atoms with E-state index in [4.69, 9.17) is 4.98 Å². The van der Waals surface area contributed by atoms with Crippen LogP contribution in [0.5, 0.6) is 0 Å². The van der Waals surface area contributed by atoms with E-state index in [9.17, 15) is 23.2 Å². The number of fused-ring (bicyclic) bond motifs is 2. The number of likely N-dealkylation sites (N-methyl/N-ethyl adjacent to an activating group) is 1. The molecule has 0 bridgehead atoms. The number of aromatic nitrogens is 3. The number of likely N-dealkylation sites (tertiary alicyclic amines) is 2. The molecule has 0 radical (unpaired) electrons. The number of carbonyl (C=O) groups is 3. The molecule has 12 heteroatoms. The first-order chi connectivity index (χ1) is 23.8. The molecule has 3 atom stereocenters. The normalized spacial score (nSPS) is 20.8. The summed E-state index contributed by atoms with van der Waals surface area (Å²) in [4.78, 5) is 51.2. The van der Waals surface area contributed by atoms with E-state index in [-0.39, 0.29) is 42.2 Å². The number of imidazole rings is 1. The number of nitrogens with one attached hydrogen (secondary N) is 3.